The number of non-ortho nitro benzene ring substituents is 1. The van der Waals surface area contributed by atoms with E-state index in [1.54, 1.807) is 24.5 Å². The standard InChI is InChI=1S/C27H18N4O2/c32-31(33)23-13-11-20(12-14-23)19-7-9-21(10-8-19)22-17-26(24-5-1-3-15-28-24)30-27(18-22)25-6-2-4-16-29-25/h1-18H. The third kappa shape index (κ3) is 4.36. The molecule has 0 atom stereocenters. The highest BCUT2D eigenvalue weighted by Crippen LogP contribution is 2.31. The molecule has 0 spiro atoms. The SMILES string of the molecule is O=[N+]([O-])c1ccc(-c2ccc(-c3cc(-c4ccccn4)nc(-c4ccccn4)c3)cc2)cc1. The largest absolute Gasteiger partial charge is 0.269 e. The summed E-state index contributed by atoms with van der Waals surface area (Å²) in [5, 5.41) is 10.9. The minimum atomic E-state index is -0.394. The molecule has 0 saturated carbocycles. The number of hydrogen-bond acceptors (Lipinski definition) is 5. The van der Waals surface area contributed by atoms with Gasteiger partial charge in [-0.25, -0.2) is 4.98 Å². The predicted molar refractivity (Wildman–Crippen MR) is 128 cm³/mol. The van der Waals surface area contributed by atoms with Crippen LogP contribution in [0.2, 0.25) is 0 Å². The number of benzene rings is 2. The molecule has 0 aliphatic rings. The molecule has 2 aromatic carbocycles. The van der Waals surface area contributed by atoms with Crippen molar-refractivity contribution in [2.45, 2.75) is 0 Å². The molecule has 5 rings (SSSR count). The van der Waals surface area contributed by atoms with Crippen molar-refractivity contribution in [3.05, 3.63) is 120 Å². The van der Waals surface area contributed by atoms with Crippen molar-refractivity contribution < 1.29 is 4.92 Å². The molecule has 5 aromatic rings. The Morgan fingerprint density at radius 2 is 1.00 bits per heavy atom. The van der Waals surface area contributed by atoms with E-state index in [-0.39, 0.29) is 5.69 Å². The van der Waals surface area contributed by atoms with Gasteiger partial charge in [0.25, 0.3) is 5.69 Å². The van der Waals surface area contributed by atoms with Crippen LogP contribution in [0.25, 0.3) is 45.0 Å². The average molecular weight is 430 g/mol. The van der Waals surface area contributed by atoms with Crippen LogP contribution in [0.4, 0.5) is 5.69 Å². The van der Waals surface area contributed by atoms with E-state index >= 15 is 0 Å². The zero-order valence-electron chi connectivity index (χ0n) is 17.5. The van der Waals surface area contributed by atoms with E-state index in [0.29, 0.717) is 0 Å². The highest BCUT2D eigenvalue weighted by molar-refractivity contribution is 5.76. The van der Waals surface area contributed by atoms with E-state index in [1.165, 1.54) is 12.1 Å². The van der Waals surface area contributed by atoms with Gasteiger partial charge in [0.15, 0.2) is 0 Å². The minimum Gasteiger partial charge on any atom is -0.258 e. The van der Waals surface area contributed by atoms with Gasteiger partial charge in [0.1, 0.15) is 0 Å². The number of aromatic nitrogens is 3. The average Bonchev–Trinajstić information content (AvgIpc) is 2.89. The molecule has 0 radical (unpaired) electrons. The zero-order valence-corrected chi connectivity index (χ0v) is 17.5. The molecule has 6 heteroatoms. The van der Waals surface area contributed by atoms with Crippen molar-refractivity contribution in [2.75, 3.05) is 0 Å². The Hall–Kier alpha value is -4.71. The van der Waals surface area contributed by atoms with Crippen LogP contribution in [0.3, 0.4) is 0 Å². The molecule has 0 N–H and O–H groups in total. The molecule has 0 aliphatic heterocycles. The Bertz CT molecular complexity index is 1350. The van der Waals surface area contributed by atoms with Crippen molar-refractivity contribution in [2.24, 2.45) is 0 Å². The molecule has 158 valence electrons. The van der Waals surface area contributed by atoms with Crippen LogP contribution in [0.1, 0.15) is 0 Å². The molecule has 0 bridgehead atoms. The molecule has 33 heavy (non-hydrogen) atoms. The lowest BCUT2D eigenvalue weighted by molar-refractivity contribution is -0.384. The number of rotatable bonds is 5. The van der Waals surface area contributed by atoms with Gasteiger partial charge in [0.2, 0.25) is 0 Å². The van der Waals surface area contributed by atoms with Gasteiger partial charge in [0.05, 0.1) is 27.7 Å². The number of nitro benzene ring substituents is 1. The van der Waals surface area contributed by atoms with Crippen molar-refractivity contribution >= 4 is 5.69 Å². The van der Waals surface area contributed by atoms with Crippen molar-refractivity contribution in [3.63, 3.8) is 0 Å². The number of nitro groups is 1. The van der Waals surface area contributed by atoms with Crippen molar-refractivity contribution in [1.82, 2.24) is 15.0 Å². The molecule has 6 nitrogen and oxygen atoms in total. The first-order valence-electron chi connectivity index (χ1n) is 10.4. The molecule has 0 aliphatic carbocycles. The lowest BCUT2D eigenvalue weighted by atomic mass is 9.99. The third-order valence-electron chi connectivity index (χ3n) is 5.31. The molecule has 0 fully saturated rings. The van der Waals surface area contributed by atoms with E-state index in [2.05, 4.69) is 9.97 Å². The molecule has 0 amide bonds. The van der Waals surface area contributed by atoms with Crippen molar-refractivity contribution in [3.8, 4) is 45.0 Å². The first-order valence-corrected chi connectivity index (χ1v) is 10.4. The fourth-order valence-corrected chi connectivity index (χ4v) is 3.62. The van der Waals surface area contributed by atoms with E-state index in [0.717, 1.165) is 45.0 Å². The molecule has 3 heterocycles. The Labute approximate surface area is 190 Å². The summed E-state index contributed by atoms with van der Waals surface area (Å²) < 4.78 is 0. The fourth-order valence-electron chi connectivity index (χ4n) is 3.62. The minimum absolute atomic E-state index is 0.0799. The van der Waals surface area contributed by atoms with E-state index in [4.69, 9.17) is 4.98 Å². The first-order chi connectivity index (χ1) is 16.2. The summed E-state index contributed by atoms with van der Waals surface area (Å²) in [7, 11) is 0. The Balaban J connectivity index is 1.55. The quantitative estimate of drug-likeness (QED) is 0.236. The van der Waals surface area contributed by atoms with E-state index in [9.17, 15) is 10.1 Å². The second kappa shape index (κ2) is 8.80. The monoisotopic (exact) mass is 430 g/mol. The van der Waals surface area contributed by atoms with Crippen LogP contribution in [0.5, 0.6) is 0 Å². The summed E-state index contributed by atoms with van der Waals surface area (Å²) in [5.74, 6) is 0. The maximum absolute atomic E-state index is 10.9. The number of pyridine rings is 3. The van der Waals surface area contributed by atoms with Crippen LogP contribution < -0.4 is 0 Å². The van der Waals surface area contributed by atoms with Gasteiger partial charge in [-0.05, 0) is 70.8 Å². The van der Waals surface area contributed by atoms with Gasteiger partial charge >= 0.3 is 0 Å². The van der Waals surface area contributed by atoms with Gasteiger partial charge in [0, 0.05) is 24.5 Å². The summed E-state index contributed by atoms with van der Waals surface area (Å²) in [6.07, 6.45) is 3.51. The number of hydrogen-bond donors (Lipinski definition) is 0. The van der Waals surface area contributed by atoms with Gasteiger partial charge in [-0.1, -0.05) is 36.4 Å². The van der Waals surface area contributed by atoms with Crippen LogP contribution in [-0.4, -0.2) is 19.9 Å². The third-order valence-corrected chi connectivity index (χ3v) is 5.31. The van der Waals surface area contributed by atoms with E-state index in [1.807, 2.05) is 72.8 Å². The summed E-state index contributed by atoms with van der Waals surface area (Å²) >= 11 is 0. The predicted octanol–water partition coefficient (Wildman–Crippen LogP) is 6.45. The van der Waals surface area contributed by atoms with E-state index < -0.39 is 4.92 Å². The topological polar surface area (TPSA) is 81.8 Å². The molecular formula is C27H18N4O2. The van der Waals surface area contributed by atoms with Crippen LogP contribution in [0, 0.1) is 10.1 Å². The second-order valence-corrected chi connectivity index (χ2v) is 7.44. The van der Waals surface area contributed by atoms with Crippen LogP contribution in [-0.2, 0) is 0 Å². The summed E-state index contributed by atoms with van der Waals surface area (Å²) in [5.41, 5.74) is 7.14. The molecule has 3 aromatic heterocycles. The maximum Gasteiger partial charge on any atom is 0.269 e. The highest BCUT2D eigenvalue weighted by atomic mass is 16.6. The van der Waals surface area contributed by atoms with Crippen LogP contribution in [0.15, 0.2) is 109 Å². The highest BCUT2D eigenvalue weighted by Gasteiger charge is 2.11. The summed E-state index contributed by atoms with van der Waals surface area (Å²) in [6, 6.07) is 30.2. The first kappa shape index (κ1) is 20.2. The lowest BCUT2D eigenvalue weighted by Crippen LogP contribution is -1.94. The lowest BCUT2D eigenvalue weighted by Gasteiger charge is -2.10. The summed E-state index contributed by atoms with van der Waals surface area (Å²) in [6.45, 7) is 0. The smallest absolute Gasteiger partial charge is 0.258 e. The van der Waals surface area contributed by atoms with Gasteiger partial charge in [-0.2, -0.15) is 0 Å². The summed E-state index contributed by atoms with van der Waals surface area (Å²) in [4.78, 5) is 24.2. The Morgan fingerprint density at radius 3 is 1.42 bits per heavy atom. The van der Waals surface area contributed by atoms with Crippen molar-refractivity contribution in [1.29, 1.82) is 0 Å². The number of nitrogens with zero attached hydrogens (tertiary/aromatic N) is 4. The Kier molecular flexibility index (Phi) is 5.39. The molecular weight excluding hydrogens is 412 g/mol. The Morgan fingerprint density at radius 1 is 0.545 bits per heavy atom. The van der Waals surface area contributed by atoms with Crippen LogP contribution >= 0.6 is 0 Å². The molecule has 0 unspecified atom stereocenters. The second-order valence-electron chi connectivity index (χ2n) is 7.44. The molecule has 0 saturated heterocycles. The van der Waals surface area contributed by atoms with Gasteiger partial charge in [-0.15, -0.1) is 0 Å². The maximum atomic E-state index is 10.9. The van der Waals surface area contributed by atoms with Gasteiger partial charge in [-0.3, -0.25) is 20.1 Å². The normalized spacial score (nSPS) is 10.7. The fraction of sp³-hybridized carbons (Fsp3) is 0. The van der Waals surface area contributed by atoms with Gasteiger partial charge < -0.3 is 0 Å². The zero-order chi connectivity index (χ0) is 22.6.